The van der Waals surface area contributed by atoms with Gasteiger partial charge >= 0.3 is 0 Å². The van der Waals surface area contributed by atoms with Crippen molar-refractivity contribution in [2.45, 2.75) is 39.2 Å². The first-order chi connectivity index (χ1) is 17.6. The molecule has 1 saturated heterocycles. The van der Waals surface area contributed by atoms with Gasteiger partial charge in [-0.15, -0.1) is 0 Å². The van der Waals surface area contributed by atoms with E-state index in [1.165, 1.54) is 4.90 Å². The van der Waals surface area contributed by atoms with Crippen LogP contribution in [0.15, 0.2) is 72.3 Å². The van der Waals surface area contributed by atoms with Crippen molar-refractivity contribution in [3.63, 3.8) is 0 Å². The lowest BCUT2D eigenvalue weighted by molar-refractivity contribution is -0.132. The molecule has 1 aliphatic heterocycles. The molecule has 192 valence electrons. The Morgan fingerprint density at radius 3 is 2.32 bits per heavy atom. The number of Topliss-reactive ketones (excluding diaryl/α,β-unsaturated/α-hetero) is 1. The van der Waals surface area contributed by atoms with Crippen molar-refractivity contribution in [3.8, 4) is 11.5 Å². The second-order valence-electron chi connectivity index (χ2n) is 9.82. The zero-order chi connectivity index (χ0) is 26.9. The number of benzene rings is 3. The number of nitrogens with zero attached hydrogens (tertiary/aromatic N) is 1. The van der Waals surface area contributed by atoms with Crippen LogP contribution < -0.4 is 14.4 Å². The Labute approximate surface area is 222 Å². The number of halogens is 1. The largest absolute Gasteiger partial charge is 0.507 e. The second kappa shape index (κ2) is 10.3. The van der Waals surface area contributed by atoms with Crippen LogP contribution in [0.2, 0.25) is 5.02 Å². The molecule has 0 aliphatic carbocycles. The fourth-order valence-electron chi connectivity index (χ4n) is 4.44. The molecule has 1 atom stereocenters. The van der Waals surface area contributed by atoms with E-state index in [1.807, 2.05) is 31.2 Å². The van der Waals surface area contributed by atoms with Crippen LogP contribution in [0, 0.1) is 0 Å². The number of rotatable bonds is 6. The molecular weight excluding hydrogens is 490 g/mol. The van der Waals surface area contributed by atoms with E-state index in [4.69, 9.17) is 21.1 Å². The van der Waals surface area contributed by atoms with Crippen LogP contribution in [0.1, 0.15) is 50.4 Å². The van der Waals surface area contributed by atoms with E-state index in [2.05, 4.69) is 20.8 Å². The minimum atomic E-state index is -0.901. The van der Waals surface area contributed by atoms with Gasteiger partial charge in [-0.25, -0.2) is 0 Å². The van der Waals surface area contributed by atoms with Crippen LogP contribution >= 0.6 is 11.6 Å². The molecule has 6 nitrogen and oxygen atoms in total. The van der Waals surface area contributed by atoms with Gasteiger partial charge in [0.05, 0.1) is 30.4 Å². The van der Waals surface area contributed by atoms with Crippen LogP contribution in [0.4, 0.5) is 5.69 Å². The summed E-state index contributed by atoms with van der Waals surface area (Å²) in [6.45, 7) is 8.56. The standard InChI is InChI=1S/C30H30ClNO5/c1-6-37-22-14-15-24(31)23(17-22)27(33)25-26(18-8-7-9-21(16-18)36-5)32(29(35)28(25)34)20-12-10-19(11-13-20)30(2,3)4/h7-17,26,33H,6H2,1-5H3/b27-25+. The maximum atomic E-state index is 13.5. The molecule has 1 aliphatic rings. The van der Waals surface area contributed by atoms with Crippen molar-refractivity contribution in [3.05, 3.63) is 94.0 Å². The molecule has 0 radical (unpaired) electrons. The van der Waals surface area contributed by atoms with Crippen molar-refractivity contribution < 1.29 is 24.2 Å². The van der Waals surface area contributed by atoms with E-state index in [0.717, 1.165) is 5.56 Å². The van der Waals surface area contributed by atoms with Crippen LogP contribution in [-0.4, -0.2) is 30.5 Å². The second-order valence-corrected chi connectivity index (χ2v) is 10.2. The fourth-order valence-corrected chi connectivity index (χ4v) is 4.64. The van der Waals surface area contributed by atoms with E-state index < -0.39 is 17.7 Å². The minimum Gasteiger partial charge on any atom is -0.507 e. The number of hydrogen-bond acceptors (Lipinski definition) is 5. The zero-order valence-electron chi connectivity index (χ0n) is 21.5. The van der Waals surface area contributed by atoms with Gasteiger partial charge in [-0.3, -0.25) is 14.5 Å². The van der Waals surface area contributed by atoms with E-state index >= 15 is 0 Å². The Hall–Kier alpha value is -3.77. The van der Waals surface area contributed by atoms with Gasteiger partial charge in [0.2, 0.25) is 0 Å². The number of methoxy groups -OCH3 is 1. The Morgan fingerprint density at radius 2 is 1.70 bits per heavy atom. The molecule has 37 heavy (non-hydrogen) atoms. The monoisotopic (exact) mass is 519 g/mol. The summed E-state index contributed by atoms with van der Waals surface area (Å²) in [7, 11) is 1.54. The number of aliphatic hydroxyl groups excluding tert-OH is 1. The third kappa shape index (κ3) is 5.07. The predicted octanol–water partition coefficient (Wildman–Crippen LogP) is 6.67. The lowest BCUT2D eigenvalue weighted by Gasteiger charge is -2.27. The summed E-state index contributed by atoms with van der Waals surface area (Å²) in [5.41, 5.74) is 2.30. The van der Waals surface area contributed by atoms with E-state index in [9.17, 15) is 14.7 Å². The van der Waals surface area contributed by atoms with Gasteiger partial charge in [0.15, 0.2) is 0 Å². The summed E-state index contributed by atoms with van der Waals surface area (Å²) < 4.78 is 11.0. The van der Waals surface area contributed by atoms with Crippen LogP contribution in [0.3, 0.4) is 0 Å². The molecule has 0 bridgehead atoms. The number of hydrogen-bond donors (Lipinski definition) is 1. The molecule has 4 rings (SSSR count). The van der Waals surface area contributed by atoms with E-state index in [-0.39, 0.29) is 27.3 Å². The highest BCUT2D eigenvalue weighted by Crippen LogP contribution is 2.44. The molecule has 1 N–H and O–H groups in total. The molecule has 3 aromatic carbocycles. The highest BCUT2D eigenvalue weighted by atomic mass is 35.5. The number of ether oxygens (including phenoxy) is 2. The molecule has 3 aromatic rings. The van der Waals surface area contributed by atoms with E-state index in [0.29, 0.717) is 29.4 Å². The van der Waals surface area contributed by atoms with Gasteiger partial charge in [-0.2, -0.15) is 0 Å². The fraction of sp³-hybridized carbons (Fsp3) is 0.267. The molecule has 1 heterocycles. The molecule has 0 aromatic heterocycles. The van der Waals surface area contributed by atoms with Crippen LogP contribution in [0.25, 0.3) is 5.76 Å². The molecular formula is C30H30ClNO5. The summed E-state index contributed by atoms with van der Waals surface area (Å²) in [5, 5.41) is 11.7. The number of aliphatic hydroxyl groups is 1. The number of ketones is 1. The third-order valence-corrected chi connectivity index (χ3v) is 6.70. The first-order valence-corrected chi connectivity index (χ1v) is 12.4. The van der Waals surface area contributed by atoms with Crippen molar-refractivity contribution in [2.24, 2.45) is 0 Å². The minimum absolute atomic E-state index is 0.0614. The Kier molecular flexibility index (Phi) is 7.32. The topological polar surface area (TPSA) is 76.1 Å². The lowest BCUT2D eigenvalue weighted by Crippen LogP contribution is -2.29. The first kappa shape index (κ1) is 26.3. The summed E-state index contributed by atoms with van der Waals surface area (Å²) in [6.07, 6.45) is 0. The summed E-state index contributed by atoms with van der Waals surface area (Å²) in [5.74, 6) is -0.870. The average Bonchev–Trinajstić information content (AvgIpc) is 3.14. The number of anilines is 1. The van der Waals surface area contributed by atoms with Crippen molar-refractivity contribution in [1.82, 2.24) is 0 Å². The van der Waals surface area contributed by atoms with Crippen molar-refractivity contribution >= 4 is 34.7 Å². The Bertz CT molecular complexity index is 1370. The quantitative estimate of drug-likeness (QED) is 0.223. The molecule has 0 saturated carbocycles. The van der Waals surface area contributed by atoms with Crippen molar-refractivity contribution in [1.29, 1.82) is 0 Å². The Morgan fingerprint density at radius 1 is 1.00 bits per heavy atom. The first-order valence-electron chi connectivity index (χ1n) is 12.0. The van der Waals surface area contributed by atoms with E-state index in [1.54, 1.807) is 49.6 Å². The number of carbonyl (C=O) groups excluding carboxylic acids is 2. The molecule has 1 amide bonds. The maximum Gasteiger partial charge on any atom is 0.300 e. The summed E-state index contributed by atoms with van der Waals surface area (Å²) in [4.78, 5) is 28.4. The predicted molar refractivity (Wildman–Crippen MR) is 146 cm³/mol. The zero-order valence-corrected chi connectivity index (χ0v) is 22.3. The smallest absolute Gasteiger partial charge is 0.300 e. The molecule has 1 fully saturated rings. The van der Waals surface area contributed by atoms with Crippen LogP contribution in [0.5, 0.6) is 11.5 Å². The molecule has 7 heteroatoms. The highest BCUT2D eigenvalue weighted by molar-refractivity contribution is 6.52. The van der Waals surface area contributed by atoms with Gasteiger partial charge in [0, 0.05) is 11.3 Å². The molecule has 1 unspecified atom stereocenters. The average molecular weight is 520 g/mol. The van der Waals surface area contributed by atoms with Gasteiger partial charge in [0.1, 0.15) is 17.3 Å². The number of carbonyl (C=O) groups is 2. The van der Waals surface area contributed by atoms with Crippen LogP contribution in [-0.2, 0) is 15.0 Å². The molecule has 0 spiro atoms. The summed E-state index contributed by atoms with van der Waals surface area (Å²) in [6, 6.07) is 18.6. The van der Waals surface area contributed by atoms with Gasteiger partial charge in [0.25, 0.3) is 11.7 Å². The summed E-state index contributed by atoms with van der Waals surface area (Å²) >= 11 is 6.43. The van der Waals surface area contributed by atoms with Crippen molar-refractivity contribution in [2.75, 3.05) is 18.6 Å². The Balaban J connectivity index is 1.94. The van der Waals surface area contributed by atoms with Gasteiger partial charge < -0.3 is 14.6 Å². The van der Waals surface area contributed by atoms with Gasteiger partial charge in [-0.1, -0.05) is 56.6 Å². The normalized spacial score (nSPS) is 17.2. The lowest BCUT2D eigenvalue weighted by atomic mass is 9.87. The maximum absolute atomic E-state index is 13.5. The SMILES string of the molecule is CCOc1ccc(Cl)c(/C(O)=C2\C(=O)C(=O)N(c3ccc(C(C)(C)C)cc3)C2c2cccc(OC)c2)c1. The number of amides is 1. The third-order valence-electron chi connectivity index (χ3n) is 6.37. The highest BCUT2D eigenvalue weighted by Gasteiger charge is 2.47. The van der Waals surface area contributed by atoms with Gasteiger partial charge in [-0.05, 0) is 65.9 Å².